The fourth-order valence-electron chi connectivity index (χ4n) is 2.63. The molecule has 0 aliphatic rings. The molecule has 0 fully saturated rings. The maximum absolute atomic E-state index is 13.5. The fourth-order valence-corrected chi connectivity index (χ4v) is 2.63. The first-order valence-corrected chi connectivity index (χ1v) is 9.07. The SMILES string of the molecule is CC(C)COCCC(=O)N(Cc1ccc(C#N)cc1)Cc1cccc(F)c1. The first-order chi connectivity index (χ1) is 13.0. The molecule has 0 atom stereocenters. The van der Waals surface area contributed by atoms with Crippen molar-refractivity contribution in [3.05, 3.63) is 71.0 Å². The van der Waals surface area contributed by atoms with Crippen molar-refractivity contribution in [2.45, 2.75) is 33.4 Å². The van der Waals surface area contributed by atoms with Crippen LogP contribution in [0.25, 0.3) is 0 Å². The van der Waals surface area contributed by atoms with Crippen molar-refractivity contribution in [2.75, 3.05) is 13.2 Å². The van der Waals surface area contributed by atoms with E-state index in [0.717, 1.165) is 11.1 Å². The van der Waals surface area contributed by atoms with Crippen LogP contribution in [0.5, 0.6) is 0 Å². The van der Waals surface area contributed by atoms with E-state index in [9.17, 15) is 9.18 Å². The molecule has 2 aromatic carbocycles. The van der Waals surface area contributed by atoms with E-state index in [4.69, 9.17) is 10.00 Å². The Morgan fingerprint density at radius 3 is 2.48 bits per heavy atom. The number of hydrogen-bond acceptors (Lipinski definition) is 3. The summed E-state index contributed by atoms with van der Waals surface area (Å²) < 4.78 is 19.0. The normalized spacial score (nSPS) is 10.6. The molecule has 0 heterocycles. The molecule has 0 bridgehead atoms. The molecule has 2 aromatic rings. The summed E-state index contributed by atoms with van der Waals surface area (Å²) in [5.74, 6) is 0.0491. The molecule has 0 unspecified atom stereocenters. The lowest BCUT2D eigenvalue weighted by atomic mass is 10.1. The number of halogens is 1. The van der Waals surface area contributed by atoms with Gasteiger partial charge in [-0.05, 0) is 41.3 Å². The first-order valence-electron chi connectivity index (χ1n) is 9.07. The maximum Gasteiger partial charge on any atom is 0.225 e. The second kappa shape index (κ2) is 10.4. The molecule has 2 rings (SSSR count). The van der Waals surface area contributed by atoms with Gasteiger partial charge in [-0.1, -0.05) is 38.1 Å². The minimum atomic E-state index is -0.321. The van der Waals surface area contributed by atoms with Crippen LogP contribution in [0, 0.1) is 23.1 Å². The third-order valence-electron chi connectivity index (χ3n) is 3.98. The summed E-state index contributed by atoms with van der Waals surface area (Å²) in [5.41, 5.74) is 2.23. The number of ether oxygens (including phenoxy) is 1. The number of carbonyl (C=O) groups is 1. The van der Waals surface area contributed by atoms with Crippen LogP contribution < -0.4 is 0 Å². The highest BCUT2D eigenvalue weighted by atomic mass is 19.1. The highest BCUT2D eigenvalue weighted by molar-refractivity contribution is 5.76. The van der Waals surface area contributed by atoms with Gasteiger partial charge in [-0.15, -0.1) is 0 Å². The Hall–Kier alpha value is -2.71. The average Bonchev–Trinajstić information content (AvgIpc) is 2.65. The summed E-state index contributed by atoms with van der Waals surface area (Å²) in [6.07, 6.45) is 0.276. The topological polar surface area (TPSA) is 53.3 Å². The maximum atomic E-state index is 13.5. The quantitative estimate of drug-likeness (QED) is 0.621. The summed E-state index contributed by atoms with van der Waals surface area (Å²) in [4.78, 5) is 14.4. The zero-order valence-corrected chi connectivity index (χ0v) is 15.8. The predicted molar refractivity (Wildman–Crippen MR) is 102 cm³/mol. The largest absolute Gasteiger partial charge is 0.381 e. The number of benzene rings is 2. The molecule has 0 aliphatic heterocycles. The van der Waals surface area contributed by atoms with E-state index in [2.05, 4.69) is 19.9 Å². The van der Waals surface area contributed by atoms with Gasteiger partial charge in [-0.25, -0.2) is 4.39 Å². The first kappa shape index (κ1) is 20.6. The van der Waals surface area contributed by atoms with Crippen LogP contribution in [0.3, 0.4) is 0 Å². The summed E-state index contributed by atoms with van der Waals surface area (Å²) in [5, 5.41) is 8.91. The van der Waals surface area contributed by atoms with Gasteiger partial charge >= 0.3 is 0 Å². The van der Waals surface area contributed by atoms with E-state index in [-0.39, 0.29) is 18.1 Å². The van der Waals surface area contributed by atoms with Crippen molar-refractivity contribution in [3.63, 3.8) is 0 Å². The molecule has 0 aliphatic carbocycles. The van der Waals surface area contributed by atoms with E-state index in [1.165, 1.54) is 12.1 Å². The van der Waals surface area contributed by atoms with Crippen molar-refractivity contribution in [1.82, 2.24) is 4.90 Å². The van der Waals surface area contributed by atoms with Gasteiger partial charge in [0.05, 0.1) is 24.7 Å². The van der Waals surface area contributed by atoms with E-state index in [1.807, 2.05) is 12.1 Å². The molecular formula is C22H25FN2O2. The van der Waals surface area contributed by atoms with Crippen LogP contribution in [-0.2, 0) is 22.6 Å². The molecule has 142 valence electrons. The second-order valence-electron chi connectivity index (χ2n) is 6.91. The fraction of sp³-hybridized carbons (Fsp3) is 0.364. The van der Waals surface area contributed by atoms with Crippen molar-refractivity contribution in [2.24, 2.45) is 5.92 Å². The second-order valence-corrected chi connectivity index (χ2v) is 6.91. The van der Waals surface area contributed by atoms with E-state index in [0.29, 0.717) is 37.8 Å². The Morgan fingerprint density at radius 1 is 1.15 bits per heavy atom. The number of rotatable bonds is 9. The molecule has 0 radical (unpaired) electrons. The predicted octanol–water partition coefficient (Wildman–Crippen LogP) is 4.29. The minimum absolute atomic E-state index is 0.0487. The molecule has 4 nitrogen and oxygen atoms in total. The highest BCUT2D eigenvalue weighted by Crippen LogP contribution is 2.14. The molecule has 0 spiro atoms. The Kier molecular flexibility index (Phi) is 7.97. The van der Waals surface area contributed by atoms with Gasteiger partial charge in [-0.2, -0.15) is 5.26 Å². The lowest BCUT2D eigenvalue weighted by Gasteiger charge is -2.23. The van der Waals surface area contributed by atoms with Crippen LogP contribution in [0.15, 0.2) is 48.5 Å². The van der Waals surface area contributed by atoms with Crippen LogP contribution >= 0.6 is 0 Å². The Bertz CT molecular complexity index is 782. The Balaban J connectivity index is 2.06. The molecule has 0 saturated heterocycles. The Labute approximate surface area is 160 Å². The Morgan fingerprint density at radius 2 is 1.85 bits per heavy atom. The van der Waals surface area contributed by atoms with Crippen molar-refractivity contribution in [3.8, 4) is 6.07 Å². The third-order valence-corrected chi connectivity index (χ3v) is 3.98. The zero-order chi connectivity index (χ0) is 19.6. The van der Waals surface area contributed by atoms with Gasteiger partial charge in [0.25, 0.3) is 0 Å². The molecule has 0 N–H and O–H groups in total. The highest BCUT2D eigenvalue weighted by Gasteiger charge is 2.15. The summed E-state index contributed by atoms with van der Waals surface area (Å²) in [6, 6.07) is 15.5. The van der Waals surface area contributed by atoms with E-state index in [1.54, 1.807) is 29.2 Å². The van der Waals surface area contributed by atoms with Gasteiger partial charge < -0.3 is 9.64 Å². The molecule has 5 heteroatoms. The van der Waals surface area contributed by atoms with Gasteiger partial charge in [-0.3, -0.25) is 4.79 Å². The van der Waals surface area contributed by atoms with Gasteiger partial charge in [0.15, 0.2) is 0 Å². The van der Waals surface area contributed by atoms with Crippen LogP contribution in [0.4, 0.5) is 4.39 Å². The summed E-state index contributed by atoms with van der Waals surface area (Å²) in [7, 11) is 0. The average molecular weight is 368 g/mol. The lowest BCUT2D eigenvalue weighted by Crippen LogP contribution is -2.31. The van der Waals surface area contributed by atoms with Crippen molar-refractivity contribution in [1.29, 1.82) is 5.26 Å². The minimum Gasteiger partial charge on any atom is -0.381 e. The van der Waals surface area contributed by atoms with E-state index < -0.39 is 0 Å². The molecule has 27 heavy (non-hydrogen) atoms. The van der Waals surface area contributed by atoms with Gasteiger partial charge in [0.1, 0.15) is 5.82 Å². The number of nitrogens with zero attached hydrogens (tertiary/aromatic N) is 2. The number of nitriles is 1. The third kappa shape index (κ3) is 7.20. The molecule has 0 saturated carbocycles. The van der Waals surface area contributed by atoms with Crippen LogP contribution in [0.1, 0.15) is 37.0 Å². The molecule has 0 aromatic heterocycles. The summed E-state index contributed by atoms with van der Waals surface area (Å²) >= 11 is 0. The van der Waals surface area contributed by atoms with Gasteiger partial charge in [0, 0.05) is 19.7 Å². The van der Waals surface area contributed by atoms with E-state index >= 15 is 0 Å². The number of hydrogen-bond donors (Lipinski definition) is 0. The standard InChI is InChI=1S/C22H25FN2O2/c1-17(2)16-27-11-10-22(26)25(15-20-4-3-5-21(23)12-20)14-19-8-6-18(13-24)7-9-19/h3-9,12,17H,10-11,14-16H2,1-2H3. The van der Waals surface area contributed by atoms with Gasteiger partial charge in [0.2, 0.25) is 5.91 Å². The molecular weight excluding hydrogens is 343 g/mol. The number of carbonyl (C=O) groups excluding carboxylic acids is 1. The van der Waals surface area contributed by atoms with Crippen LogP contribution in [-0.4, -0.2) is 24.0 Å². The smallest absolute Gasteiger partial charge is 0.225 e. The molecule has 1 amide bonds. The van der Waals surface area contributed by atoms with Crippen LogP contribution in [0.2, 0.25) is 0 Å². The zero-order valence-electron chi connectivity index (χ0n) is 15.8. The van der Waals surface area contributed by atoms with Crippen molar-refractivity contribution >= 4 is 5.91 Å². The monoisotopic (exact) mass is 368 g/mol. The lowest BCUT2D eigenvalue weighted by molar-refractivity contribution is -0.133. The van der Waals surface area contributed by atoms with Crippen molar-refractivity contribution < 1.29 is 13.9 Å². The number of amides is 1. The summed E-state index contributed by atoms with van der Waals surface area (Å²) in [6.45, 7) is 5.81.